The Kier molecular flexibility index (Phi) is 6.46. The Morgan fingerprint density at radius 3 is 2.39 bits per heavy atom. The van der Waals surface area contributed by atoms with Crippen molar-refractivity contribution < 1.29 is 9.53 Å². The van der Waals surface area contributed by atoms with Gasteiger partial charge >= 0.3 is 0 Å². The van der Waals surface area contributed by atoms with E-state index in [0.29, 0.717) is 41.2 Å². The van der Waals surface area contributed by atoms with E-state index in [1.54, 1.807) is 43.5 Å². The minimum atomic E-state index is 0.0374. The summed E-state index contributed by atoms with van der Waals surface area (Å²) in [6, 6.07) is 12.7. The summed E-state index contributed by atoms with van der Waals surface area (Å²) in [4.78, 5) is 21.5. The van der Waals surface area contributed by atoms with Crippen LogP contribution in [0.1, 0.15) is 16.2 Å². The number of rotatable bonds is 5. The minimum absolute atomic E-state index is 0.0374. The molecule has 1 aliphatic heterocycles. The molecule has 0 aliphatic carbocycles. The van der Waals surface area contributed by atoms with Crippen LogP contribution in [0.25, 0.3) is 11.4 Å². The van der Waals surface area contributed by atoms with Crippen molar-refractivity contribution in [1.29, 1.82) is 0 Å². The van der Waals surface area contributed by atoms with Gasteiger partial charge in [0.1, 0.15) is 11.6 Å². The Labute approximate surface area is 191 Å². The maximum atomic E-state index is 12.8. The Balaban J connectivity index is 1.41. The van der Waals surface area contributed by atoms with Crippen LogP contribution < -0.4 is 4.74 Å². The van der Waals surface area contributed by atoms with Crippen molar-refractivity contribution >= 4 is 29.1 Å². The van der Waals surface area contributed by atoms with Crippen molar-refractivity contribution in [2.75, 3.05) is 33.3 Å². The molecule has 2 aromatic carbocycles. The molecule has 0 bridgehead atoms. The molecule has 0 unspecified atom stereocenters. The molecule has 1 amide bonds. The number of ether oxygens (including phenoxy) is 1. The summed E-state index contributed by atoms with van der Waals surface area (Å²) >= 11 is 12.2. The van der Waals surface area contributed by atoms with Gasteiger partial charge in [0.2, 0.25) is 0 Å². The van der Waals surface area contributed by atoms with E-state index >= 15 is 0 Å². The third kappa shape index (κ3) is 4.84. The van der Waals surface area contributed by atoms with Gasteiger partial charge in [-0.3, -0.25) is 9.69 Å². The molecule has 4 rings (SSSR count). The quantitative estimate of drug-likeness (QED) is 0.577. The molecule has 7 nitrogen and oxygen atoms in total. The van der Waals surface area contributed by atoms with Gasteiger partial charge in [0.25, 0.3) is 5.91 Å². The van der Waals surface area contributed by atoms with E-state index in [9.17, 15) is 4.79 Å². The maximum Gasteiger partial charge on any atom is 0.253 e. The number of nitrogens with zero attached hydrogens (tertiary/aromatic N) is 5. The number of aryl methyl sites for hydroxylation is 1. The fourth-order valence-electron chi connectivity index (χ4n) is 3.60. The predicted molar refractivity (Wildman–Crippen MR) is 121 cm³/mol. The number of methoxy groups -OCH3 is 1. The second kappa shape index (κ2) is 9.26. The van der Waals surface area contributed by atoms with Gasteiger partial charge in [-0.15, -0.1) is 0 Å². The van der Waals surface area contributed by atoms with Gasteiger partial charge in [-0.2, -0.15) is 5.10 Å². The SMILES string of the molecule is COc1ccc(C(=O)N2CCN(Cn3nc(C)nc3-c3ccc(Cl)c(Cl)c3)CC2)cc1. The van der Waals surface area contributed by atoms with Gasteiger partial charge < -0.3 is 9.64 Å². The third-order valence-corrected chi connectivity index (χ3v) is 6.02. The van der Waals surface area contributed by atoms with Crippen molar-refractivity contribution in [2.24, 2.45) is 0 Å². The lowest BCUT2D eigenvalue weighted by Gasteiger charge is -2.34. The number of halogens is 2. The monoisotopic (exact) mass is 459 g/mol. The van der Waals surface area contributed by atoms with Gasteiger partial charge in [0.15, 0.2) is 5.82 Å². The standard InChI is InChI=1S/C22H23Cl2N5O2/c1-15-25-21(17-5-8-19(23)20(24)13-17)29(26-15)14-27-9-11-28(12-10-27)22(30)16-3-6-18(31-2)7-4-16/h3-8,13H,9-12,14H2,1-2H3. The topological polar surface area (TPSA) is 63.5 Å². The van der Waals surface area contributed by atoms with Crippen LogP contribution in [-0.2, 0) is 6.67 Å². The van der Waals surface area contributed by atoms with Crippen LogP contribution in [0.3, 0.4) is 0 Å². The van der Waals surface area contributed by atoms with Crippen LogP contribution in [0.5, 0.6) is 5.75 Å². The second-order valence-corrected chi connectivity index (χ2v) is 8.21. The first-order valence-electron chi connectivity index (χ1n) is 9.97. The van der Waals surface area contributed by atoms with E-state index in [-0.39, 0.29) is 5.91 Å². The number of hydrogen-bond acceptors (Lipinski definition) is 5. The van der Waals surface area contributed by atoms with Crippen molar-refractivity contribution in [1.82, 2.24) is 24.6 Å². The van der Waals surface area contributed by atoms with Gasteiger partial charge in [-0.05, 0) is 49.4 Å². The molecule has 2 heterocycles. The van der Waals surface area contributed by atoms with E-state index < -0.39 is 0 Å². The number of carbonyl (C=O) groups is 1. The summed E-state index contributed by atoms with van der Waals surface area (Å²) < 4.78 is 7.03. The molecular formula is C22H23Cl2N5O2. The lowest BCUT2D eigenvalue weighted by atomic mass is 10.1. The van der Waals surface area contributed by atoms with Gasteiger partial charge in [-0.25, -0.2) is 9.67 Å². The Morgan fingerprint density at radius 1 is 1.03 bits per heavy atom. The molecule has 162 valence electrons. The normalized spacial score (nSPS) is 14.6. The molecule has 1 aliphatic rings. The highest BCUT2D eigenvalue weighted by Crippen LogP contribution is 2.28. The van der Waals surface area contributed by atoms with Crippen LogP contribution in [0.2, 0.25) is 10.0 Å². The fourth-order valence-corrected chi connectivity index (χ4v) is 3.90. The fraction of sp³-hybridized carbons (Fsp3) is 0.318. The van der Waals surface area contributed by atoms with E-state index in [1.807, 2.05) is 22.6 Å². The lowest BCUT2D eigenvalue weighted by molar-refractivity contribution is 0.0587. The molecule has 0 atom stereocenters. The average Bonchev–Trinajstić information content (AvgIpc) is 3.15. The largest absolute Gasteiger partial charge is 0.497 e. The summed E-state index contributed by atoms with van der Waals surface area (Å²) in [5, 5.41) is 5.54. The summed E-state index contributed by atoms with van der Waals surface area (Å²) in [6.45, 7) is 5.26. The van der Waals surface area contributed by atoms with E-state index in [1.165, 1.54) is 0 Å². The van der Waals surface area contributed by atoms with E-state index in [4.69, 9.17) is 27.9 Å². The highest BCUT2D eigenvalue weighted by Gasteiger charge is 2.23. The maximum absolute atomic E-state index is 12.8. The molecule has 31 heavy (non-hydrogen) atoms. The van der Waals surface area contributed by atoms with Crippen molar-refractivity contribution in [3.8, 4) is 17.1 Å². The van der Waals surface area contributed by atoms with Crippen LogP contribution in [0.15, 0.2) is 42.5 Å². The first-order valence-corrected chi connectivity index (χ1v) is 10.7. The molecule has 0 N–H and O–H groups in total. The summed E-state index contributed by atoms with van der Waals surface area (Å²) in [5.74, 6) is 2.21. The van der Waals surface area contributed by atoms with Crippen LogP contribution in [0, 0.1) is 6.92 Å². The number of benzene rings is 2. The second-order valence-electron chi connectivity index (χ2n) is 7.39. The highest BCUT2D eigenvalue weighted by atomic mass is 35.5. The molecule has 3 aromatic rings. The zero-order chi connectivity index (χ0) is 22.0. The van der Waals surface area contributed by atoms with Crippen LogP contribution in [-0.4, -0.2) is 63.8 Å². The van der Waals surface area contributed by atoms with Crippen LogP contribution >= 0.6 is 23.2 Å². The lowest BCUT2D eigenvalue weighted by Crippen LogP contribution is -2.49. The Morgan fingerprint density at radius 2 is 1.74 bits per heavy atom. The zero-order valence-electron chi connectivity index (χ0n) is 17.4. The predicted octanol–water partition coefficient (Wildman–Crippen LogP) is 3.98. The van der Waals surface area contributed by atoms with Crippen molar-refractivity contribution in [2.45, 2.75) is 13.6 Å². The Hall–Kier alpha value is -2.61. The first kappa shape index (κ1) is 21.6. The summed E-state index contributed by atoms with van der Waals surface area (Å²) in [7, 11) is 1.61. The molecule has 9 heteroatoms. The first-order chi connectivity index (χ1) is 14.9. The van der Waals surface area contributed by atoms with Crippen molar-refractivity contribution in [3.05, 3.63) is 63.9 Å². The zero-order valence-corrected chi connectivity index (χ0v) is 18.9. The Bertz CT molecular complexity index is 1080. The molecule has 0 spiro atoms. The molecule has 1 saturated heterocycles. The number of amides is 1. The smallest absolute Gasteiger partial charge is 0.253 e. The summed E-state index contributed by atoms with van der Waals surface area (Å²) in [5.41, 5.74) is 1.53. The van der Waals surface area contributed by atoms with Crippen LogP contribution in [0.4, 0.5) is 0 Å². The van der Waals surface area contributed by atoms with Crippen molar-refractivity contribution in [3.63, 3.8) is 0 Å². The number of aromatic nitrogens is 3. The average molecular weight is 460 g/mol. The van der Waals surface area contributed by atoms with Gasteiger partial charge in [0.05, 0.1) is 23.8 Å². The minimum Gasteiger partial charge on any atom is -0.497 e. The molecule has 0 saturated carbocycles. The third-order valence-electron chi connectivity index (χ3n) is 5.29. The highest BCUT2D eigenvalue weighted by molar-refractivity contribution is 6.42. The number of piperazine rings is 1. The molecule has 0 radical (unpaired) electrons. The number of carbonyl (C=O) groups excluding carboxylic acids is 1. The summed E-state index contributed by atoms with van der Waals surface area (Å²) in [6.07, 6.45) is 0. The van der Waals surface area contributed by atoms with E-state index in [2.05, 4.69) is 15.0 Å². The van der Waals surface area contributed by atoms with E-state index in [0.717, 1.165) is 30.2 Å². The number of hydrogen-bond donors (Lipinski definition) is 0. The molecule has 1 fully saturated rings. The molecular weight excluding hydrogens is 437 g/mol. The van der Waals surface area contributed by atoms with Gasteiger partial charge in [-0.1, -0.05) is 23.2 Å². The molecule has 1 aromatic heterocycles. The van der Waals surface area contributed by atoms with Gasteiger partial charge in [0, 0.05) is 37.3 Å².